The lowest BCUT2D eigenvalue weighted by Gasteiger charge is -2.60. The van der Waals surface area contributed by atoms with Crippen molar-refractivity contribution < 1.29 is 0 Å². The molecule has 236 valence electrons. The second-order valence-corrected chi connectivity index (χ2v) is 21.4. The Kier molecular flexibility index (Phi) is 5.85. The summed E-state index contributed by atoms with van der Waals surface area (Å²) in [7, 11) is -2.59. The van der Waals surface area contributed by atoms with E-state index < -0.39 is 9.16 Å². The monoisotopic (exact) mass is 648 g/mol. The molecule has 0 unspecified atom stereocenters. The SMILES string of the molecule is C[SH]1(C)(C)c2ccc(-c3ccccc3)cc2N(B2c3ccccc3-n3c4ccccc4c4cccc2c43)c2cc(-c3ccccc3)ccc21. The van der Waals surface area contributed by atoms with E-state index in [0.29, 0.717) is 0 Å². The molecule has 8 aromatic rings. The molecule has 3 heterocycles. The molecule has 10 rings (SSSR count). The number of aromatic nitrogens is 1. The molecule has 2 aliphatic rings. The van der Waals surface area contributed by atoms with Crippen molar-refractivity contribution in [2.75, 3.05) is 23.6 Å². The number of fused-ring (bicyclic) bond motifs is 7. The summed E-state index contributed by atoms with van der Waals surface area (Å²) in [6.45, 7) is -0.0291. The van der Waals surface area contributed by atoms with Gasteiger partial charge >= 0.3 is 6.85 Å². The minimum atomic E-state index is -2.59. The number of thiol groups is 1. The number of benzene rings is 7. The lowest BCUT2D eigenvalue weighted by molar-refractivity contribution is 1.16. The predicted molar refractivity (Wildman–Crippen MR) is 215 cm³/mol. The Morgan fingerprint density at radius 1 is 0.429 bits per heavy atom. The Bertz CT molecular complexity index is 2520. The van der Waals surface area contributed by atoms with Crippen molar-refractivity contribution in [2.24, 2.45) is 0 Å². The van der Waals surface area contributed by atoms with Crippen molar-refractivity contribution in [1.82, 2.24) is 4.57 Å². The van der Waals surface area contributed by atoms with Crippen molar-refractivity contribution in [2.45, 2.75) is 9.79 Å². The third-order valence-corrected chi connectivity index (χ3v) is 15.3. The summed E-state index contributed by atoms with van der Waals surface area (Å²) < 4.78 is 2.51. The summed E-state index contributed by atoms with van der Waals surface area (Å²) in [4.78, 5) is 5.63. The molecule has 0 spiro atoms. The number of hydrogen-bond acceptors (Lipinski definition) is 1. The van der Waals surface area contributed by atoms with Crippen molar-refractivity contribution in [3.63, 3.8) is 0 Å². The van der Waals surface area contributed by atoms with Crippen LogP contribution in [0.1, 0.15) is 0 Å². The van der Waals surface area contributed by atoms with Gasteiger partial charge in [0.2, 0.25) is 0 Å². The quantitative estimate of drug-likeness (QED) is 0.148. The average Bonchev–Trinajstić information content (AvgIpc) is 3.48. The van der Waals surface area contributed by atoms with Gasteiger partial charge in [-0.2, -0.15) is 0 Å². The van der Waals surface area contributed by atoms with Crippen LogP contribution in [-0.2, 0) is 0 Å². The lowest BCUT2D eigenvalue weighted by Crippen LogP contribution is -2.59. The van der Waals surface area contributed by atoms with E-state index in [1.54, 1.807) is 0 Å². The van der Waals surface area contributed by atoms with Crippen LogP contribution in [0.5, 0.6) is 0 Å². The average molecular weight is 649 g/mol. The van der Waals surface area contributed by atoms with Gasteiger partial charge in [-0.3, -0.25) is 0 Å². The maximum atomic E-state index is 2.71. The normalized spacial score (nSPS) is 16.0. The molecule has 2 aliphatic heterocycles. The smallest absolute Gasteiger partial charge is 0.332 e. The first kappa shape index (κ1) is 28.6. The Morgan fingerprint density at radius 2 is 0.959 bits per heavy atom. The molecule has 0 saturated heterocycles. The molecule has 49 heavy (non-hydrogen) atoms. The van der Waals surface area contributed by atoms with Gasteiger partial charge in [0, 0.05) is 37.6 Å². The van der Waals surface area contributed by atoms with E-state index in [1.165, 1.54) is 81.8 Å². The van der Waals surface area contributed by atoms with E-state index in [1.807, 2.05) is 0 Å². The van der Waals surface area contributed by atoms with Gasteiger partial charge in [-0.15, -0.1) is 0 Å². The van der Waals surface area contributed by atoms with E-state index in [4.69, 9.17) is 0 Å². The van der Waals surface area contributed by atoms with Crippen molar-refractivity contribution in [3.05, 3.63) is 164 Å². The van der Waals surface area contributed by atoms with Gasteiger partial charge in [0.25, 0.3) is 0 Å². The molecule has 0 bridgehead atoms. The predicted octanol–water partition coefficient (Wildman–Crippen LogP) is 10.1. The molecule has 4 heteroatoms. The summed E-state index contributed by atoms with van der Waals surface area (Å²) in [5.41, 5.74) is 14.1. The summed E-state index contributed by atoms with van der Waals surface area (Å²) in [6.07, 6.45) is 7.62. The first-order valence-electron chi connectivity index (χ1n) is 17.2. The Balaban J connectivity index is 1.34. The second kappa shape index (κ2) is 10.0. The van der Waals surface area contributed by atoms with Gasteiger partial charge in [-0.25, -0.2) is 9.16 Å². The molecule has 0 radical (unpaired) electrons. The van der Waals surface area contributed by atoms with E-state index >= 15 is 0 Å². The van der Waals surface area contributed by atoms with Crippen molar-refractivity contribution in [1.29, 1.82) is 0 Å². The van der Waals surface area contributed by atoms with Crippen LogP contribution in [0.3, 0.4) is 0 Å². The van der Waals surface area contributed by atoms with E-state index in [2.05, 4.69) is 192 Å². The van der Waals surface area contributed by atoms with Gasteiger partial charge in [0.05, 0.1) is 11.0 Å². The fraction of sp³-hybridized carbons (Fsp3) is 0.0667. The number of hydrogen-bond donors (Lipinski definition) is 1. The summed E-state index contributed by atoms with van der Waals surface area (Å²) in [5.74, 6) is 0. The second-order valence-electron chi connectivity index (χ2n) is 14.9. The Labute approximate surface area is 288 Å². The summed E-state index contributed by atoms with van der Waals surface area (Å²) in [5, 5.41) is 2.61. The third kappa shape index (κ3) is 3.98. The van der Waals surface area contributed by atoms with Crippen LogP contribution in [0.25, 0.3) is 49.7 Å². The Hall–Kier alpha value is -5.45. The fourth-order valence-corrected chi connectivity index (χ4v) is 12.2. The third-order valence-electron chi connectivity index (χ3n) is 11.1. The fourth-order valence-electron chi connectivity index (χ4n) is 8.80. The standard InChI is InChI=1S/C45H37BN2S/c1-49(2,3)43-27-25-33(31-15-6-4-7-16-31)29-41(43)48(42-30-34(26-28-44(42)49)32-17-8-5-9-18-32)46-37-21-11-13-24-40(37)47-39-23-12-10-19-35(39)36-20-14-22-38(46)45(36)47/h4-30,49H,1-3H3. The molecule has 0 saturated carbocycles. The number of nitrogens with zero attached hydrogens (tertiary/aromatic N) is 2. The molecular formula is C45H37BN2S. The lowest BCUT2D eigenvalue weighted by atomic mass is 9.46. The van der Waals surface area contributed by atoms with Crippen LogP contribution in [-0.4, -0.2) is 30.2 Å². The van der Waals surface area contributed by atoms with Gasteiger partial charge in [-0.05, 0) is 88.3 Å². The Morgan fingerprint density at radius 3 is 1.61 bits per heavy atom. The van der Waals surface area contributed by atoms with E-state index in [9.17, 15) is 0 Å². The van der Waals surface area contributed by atoms with Gasteiger partial charge in [0.1, 0.15) is 0 Å². The van der Waals surface area contributed by atoms with Crippen LogP contribution in [0.2, 0.25) is 0 Å². The number of para-hydroxylation sites is 3. The van der Waals surface area contributed by atoms with E-state index in [0.717, 1.165) is 0 Å². The van der Waals surface area contributed by atoms with Gasteiger partial charge < -0.3 is 9.38 Å². The van der Waals surface area contributed by atoms with Crippen LogP contribution in [0.15, 0.2) is 174 Å². The molecule has 2 nitrogen and oxygen atoms in total. The molecule has 7 aromatic carbocycles. The largest absolute Gasteiger partial charge is 0.375 e. The number of anilines is 2. The highest BCUT2D eigenvalue weighted by Crippen LogP contribution is 2.79. The van der Waals surface area contributed by atoms with Crippen LogP contribution in [0, 0.1) is 0 Å². The van der Waals surface area contributed by atoms with E-state index in [-0.39, 0.29) is 6.85 Å². The van der Waals surface area contributed by atoms with Crippen LogP contribution in [0.4, 0.5) is 11.4 Å². The minimum Gasteiger partial charge on any atom is -0.375 e. The highest BCUT2D eigenvalue weighted by Gasteiger charge is 2.46. The zero-order valence-electron chi connectivity index (χ0n) is 28.0. The molecule has 0 N–H and O–H groups in total. The highest BCUT2D eigenvalue weighted by atomic mass is 32.3. The maximum Gasteiger partial charge on any atom is 0.332 e. The molecule has 0 aliphatic carbocycles. The van der Waals surface area contributed by atoms with Gasteiger partial charge in [0.15, 0.2) is 0 Å². The molecule has 0 amide bonds. The topological polar surface area (TPSA) is 8.17 Å². The van der Waals surface area contributed by atoms with Crippen LogP contribution >= 0.6 is 9.16 Å². The minimum absolute atomic E-state index is 0.0291. The zero-order valence-corrected chi connectivity index (χ0v) is 28.9. The molecule has 1 aromatic heterocycles. The van der Waals surface area contributed by atoms with Gasteiger partial charge in [-0.1, -0.05) is 127 Å². The maximum absolute atomic E-state index is 2.71. The number of rotatable bonds is 3. The van der Waals surface area contributed by atoms with Crippen molar-refractivity contribution >= 4 is 60.1 Å². The molecule has 0 fully saturated rings. The summed E-state index contributed by atoms with van der Waals surface area (Å²) >= 11 is 0. The zero-order chi connectivity index (χ0) is 32.9. The van der Waals surface area contributed by atoms with Crippen molar-refractivity contribution in [3.8, 4) is 27.9 Å². The first-order chi connectivity index (χ1) is 23.9. The van der Waals surface area contributed by atoms with Crippen LogP contribution < -0.4 is 15.7 Å². The molecular weight excluding hydrogens is 611 g/mol. The summed E-state index contributed by atoms with van der Waals surface area (Å²) in [6, 6.07) is 61.2. The highest BCUT2D eigenvalue weighted by molar-refractivity contribution is 8.48. The molecule has 0 atom stereocenters. The first-order valence-corrected chi connectivity index (χ1v) is 20.8.